The molecule has 6 heteroatoms. The maximum absolute atomic E-state index is 11.3. The predicted molar refractivity (Wildman–Crippen MR) is 56.2 cm³/mol. The van der Waals surface area contributed by atoms with Gasteiger partial charge in [0.05, 0.1) is 13.0 Å². The minimum absolute atomic E-state index is 0.0139. The smallest absolute Gasteiger partial charge is 0.354 e. The molecule has 0 saturated heterocycles. The zero-order valence-electron chi connectivity index (χ0n) is 9.14. The summed E-state index contributed by atoms with van der Waals surface area (Å²) in [4.78, 5) is 22.2. The molecule has 1 rings (SSSR count). The van der Waals surface area contributed by atoms with Gasteiger partial charge >= 0.3 is 11.9 Å². The molecule has 0 aliphatic carbocycles. The van der Waals surface area contributed by atoms with Gasteiger partial charge in [-0.1, -0.05) is 0 Å². The van der Waals surface area contributed by atoms with E-state index in [0.29, 0.717) is 11.3 Å². The highest BCUT2D eigenvalue weighted by Gasteiger charge is 2.22. The van der Waals surface area contributed by atoms with Crippen LogP contribution in [0.2, 0.25) is 0 Å². The van der Waals surface area contributed by atoms with Crippen LogP contribution in [0.5, 0.6) is 0 Å². The molecule has 0 aliphatic heterocycles. The SMILES string of the molecule is COC(=O)c1cc(C(CN)C(=O)O)cn1C. The van der Waals surface area contributed by atoms with Crippen LogP contribution >= 0.6 is 0 Å². The summed E-state index contributed by atoms with van der Waals surface area (Å²) in [5.41, 5.74) is 6.17. The summed E-state index contributed by atoms with van der Waals surface area (Å²) in [7, 11) is 2.91. The summed E-state index contributed by atoms with van der Waals surface area (Å²) >= 11 is 0. The monoisotopic (exact) mass is 226 g/mol. The Morgan fingerprint density at radius 3 is 2.69 bits per heavy atom. The Morgan fingerprint density at radius 2 is 2.25 bits per heavy atom. The number of carbonyl (C=O) groups is 2. The molecule has 6 nitrogen and oxygen atoms in total. The Morgan fingerprint density at radius 1 is 1.62 bits per heavy atom. The number of carbonyl (C=O) groups excluding carboxylic acids is 1. The van der Waals surface area contributed by atoms with Gasteiger partial charge in [0.15, 0.2) is 0 Å². The van der Waals surface area contributed by atoms with Crippen LogP contribution in [0.15, 0.2) is 12.3 Å². The van der Waals surface area contributed by atoms with Crippen molar-refractivity contribution >= 4 is 11.9 Å². The van der Waals surface area contributed by atoms with Crippen molar-refractivity contribution in [2.24, 2.45) is 12.8 Å². The van der Waals surface area contributed by atoms with Gasteiger partial charge < -0.3 is 20.1 Å². The van der Waals surface area contributed by atoms with Gasteiger partial charge in [-0.3, -0.25) is 4.79 Å². The number of hydrogen-bond donors (Lipinski definition) is 2. The molecule has 0 spiro atoms. The second-order valence-electron chi connectivity index (χ2n) is 3.39. The molecule has 0 radical (unpaired) electrons. The van der Waals surface area contributed by atoms with Crippen LogP contribution in [0.1, 0.15) is 22.0 Å². The number of esters is 1. The summed E-state index contributed by atoms with van der Waals surface area (Å²) in [6.07, 6.45) is 1.57. The Kier molecular flexibility index (Phi) is 3.68. The van der Waals surface area contributed by atoms with Crippen molar-refractivity contribution in [1.29, 1.82) is 0 Å². The van der Waals surface area contributed by atoms with E-state index in [-0.39, 0.29) is 6.54 Å². The van der Waals surface area contributed by atoms with E-state index in [1.807, 2.05) is 0 Å². The molecule has 1 aromatic heterocycles. The molecule has 1 aromatic rings. The van der Waals surface area contributed by atoms with Crippen LogP contribution in [-0.4, -0.2) is 35.3 Å². The van der Waals surface area contributed by atoms with Gasteiger partial charge in [-0.05, 0) is 11.6 Å². The van der Waals surface area contributed by atoms with Crippen LogP contribution in [0, 0.1) is 0 Å². The Labute approximate surface area is 92.6 Å². The molecule has 88 valence electrons. The number of carboxylic acids is 1. The summed E-state index contributed by atoms with van der Waals surface area (Å²) in [6, 6.07) is 1.48. The lowest BCUT2D eigenvalue weighted by Gasteiger charge is -2.05. The molecular formula is C10H14N2O4. The molecule has 3 N–H and O–H groups in total. The first kappa shape index (κ1) is 12.3. The number of hydrogen-bond acceptors (Lipinski definition) is 4. The first-order valence-corrected chi connectivity index (χ1v) is 4.68. The van der Waals surface area contributed by atoms with E-state index in [2.05, 4.69) is 4.74 Å². The van der Waals surface area contributed by atoms with Crippen molar-refractivity contribution in [1.82, 2.24) is 4.57 Å². The van der Waals surface area contributed by atoms with Crippen LogP contribution in [0.3, 0.4) is 0 Å². The largest absolute Gasteiger partial charge is 0.481 e. The van der Waals surface area contributed by atoms with Crippen LogP contribution < -0.4 is 5.73 Å². The van der Waals surface area contributed by atoms with Crippen molar-refractivity contribution in [2.45, 2.75) is 5.92 Å². The maximum atomic E-state index is 11.3. The first-order valence-electron chi connectivity index (χ1n) is 4.68. The highest BCUT2D eigenvalue weighted by molar-refractivity contribution is 5.88. The average molecular weight is 226 g/mol. The van der Waals surface area contributed by atoms with Crippen molar-refractivity contribution < 1.29 is 19.4 Å². The van der Waals surface area contributed by atoms with Gasteiger partial charge in [0.1, 0.15) is 5.69 Å². The lowest BCUT2D eigenvalue weighted by molar-refractivity contribution is -0.138. The summed E-state index contributed by atoms with van der Waals surface area (Å²) in [5.74, 6) is -2.32. The fourth-order valence-electron chi connectivity index (χ4n) is 1.47. The zero-order chi connectivity index (χ0) is 12.3. The molecule has 0 fully saturated rings. The van der Waals surface area contributed by atoms with E-state index in [1.165, 1.54) is 17.7 Å². The quantitative estimate of drug-likeness (QED) is 0.701. The fraction of sp³-hybridized carbons (Fsp3) is 0.400. The average Bonchev–Trinajstić information content (AvgIpc) is 2.59. The van der Waals surface area contributed by atoms with Crippen LogP contribution in [-0.2, 0) is 16.6 Å². The Balaban J connectivity index is 3.08. The highest BCUT2D eigenvalue weighted by atomic mass is 16.5. The van der Waals surface area contributed by atoms with Crippen molar-refractivity contribution in [3.63, 3.8) is 0 Å². The summed E-state index contributed by atoms with van der Waals surface area (Å²) in [6.45, 7) is -0.0139. The van der Waals surface area contributed by atoms with Gasteiger partial charge in [0, 0.05) is 19.8 Å². The zero-order valence-corrected chi connectivity index (χ0v) is 9.14. The number of methoxy groups -OCH3 is 1. The van der Waals surface area contributed by atoms with Gasteiger partial charge in [-0.2, -0.15) is 0 Å². The molecule has 0 aromatic carbocycles. The molecule has 1 unspecified atom stereocenters. The van der Waals surface area contributed by atoms with E-state index < -0.39 is 17.9 Å². The number of nitrogens with two attached hydrogens (primary N) is 1. The number of aromatic nitrogens is 1. The van der Waals surface area contributed by atoms with E-state index >= 15 is 0 Å². The first-order chi connectivity index (χ1) is 7.51. The summed E-state index contributed by atoms with van der Waals surface area (Å²) in [5, 5.41) is 8.92. The minimum Gasteiger partial charge on any atom is -0.481 e. The topological polar surface area (TPSA) is 94.6 Å². The molecule has 0 saturated carbocycles. The number of carboxylic acid groups (broad SMARTS) is 1. The van der Waals surface area contributed by atoms with Gasteiger partial charge in [-0.25, -0.2) is 4.79 Å². The molecule has 1 atom stereocenters. The van der Waals surface area contributed by atoms with Crippen LogP contribution in [0.25, 0.3) is 0 Å². The molecule has 0 aliphatic rings. The Hall–Kier alpha value is -1.82. The van der Waals surface area contributed by atoms with Gasteiger partial charge in [0.2, 0.25) is 0 Å². The van der Waals surface area contributed by atoms with Crippen molar-refractivity contribution in [2.75, 3.05) is 13.7 Å². The molecular weight excluding hydrogens is 212 g/mol. The van der Waals surface area contributed by atoms with E-state index in [4.69, 9.17) is 10.8 Å². The van der Waals surface area contributed by atoms with E-state index in [0.717, 1.165) is 0 Å². The summed E-state index contributed by atoms with van der Waals surface area (Å²) < 4.78 is 6.09. The molecule has 16 heavy (non-hydrogen) atoms. The molecule has 1 heterocycles. The minimum atomic E-state index is -1.01. The van der Waals surface area contributed by atoms with Gasteiger partial charge in [0.25, 0.3) is 0 Å². The van der Waals surface area contributed by atoms with Crippen LogP contribution in [0.4, 0.5) is 0 Å². The Bertz CT molecular complexity index is 411. The third kappa shape index (κ3) is 2.22. The third-order valence-electron chi connectivity index (χ3n) is 2.36. The third-order valence-corrected chi connectivity index (χ3v) is 2.36. The molecule has 0 amide bonds. The maximum Gasteiger partial charge on any atom is 0.354 e. The van der Waals surface area contributed by atoms with Crippen molar-refractivity contribution in [3.05, 3.63) is 23.5 Å². The predicted octanol–water partition coefficient (Wildman–Crippen LogP) is -0.0614. The standard InChI is InChI=1S/C10H14N2O4/c1-12-5-6(7(4-11)9(13)14)3-8(12)10(15)16-2/h3,5,7H,4,11H2,1-2H3,(H,13,14). The fourth-order valence-corrected chi connectivity index (χ4v) is 1.47. The van der Waals surface area contributed by atoms with Gasteiger partial charge in [-0.15, -0.1) is 0 Å². The second-order valence-corrected chi connectivity index (χ2v) is 3.39. The number of aryl methyl sites for hydroxylation is 1. The second kappa shape index (κ2) is 4.80. The number of rotatable bonds is 4. The normalized spacial score (nSPS) is 12.2. The highest BCUT2D eigenvalue weighted by Crippen LogP contribution is 2.18. The number of ether oxygens (including phenoxy) is 1. The lowest BCUT2D eigenvalue weighted by atomic mass is 10.0. The van der Waals surface area contributed by atoms with Crippen molar-refractivity contribution in [3.8, 4) is 0 Å². The lowest BCUT2D eigenvalue weighted by Crippen LogP contribution is -2.20. The number of aliphatic carboxylic acids is 1. The van der Waals surface area contributed by atoms with E-state index in [1.54, 1.807) is 13.2 Å². The number of nitrogens with zero attached hydrogens (tertiary/aromatic N) is 1. The van der Waals surface area contributed by atoms with E-state index in [9.17, 15) is 9.59 Å². The molecule has 0 bridgehead atoms.